The number of nitrogens with zero attached hydrogens (tertiary/aromatic N) is 2. The third-order valence-corrected chi connectivity index (χ3v) is 6.22. The first kappa shape index (κ1) is 23.2. The first-order valence-corrected chi connectivity index (χ1v) is 11.5. The molecular formula is C28H25N3O5. The maximum absolute atomic E-state index is 13.7. The van der Waals surface area contributed by atoms with Gasteiger partial charge in [-0.1, -0.05) is 12.1 Å². The second-order valence-electron chi connectivity index (χ2n) is 8.21. The first-order valence-electron chi connectivity index (χ1n) is 11.5. The number of rotatable bonds is 7. The number of anilines is 1. The van der Waals surface area contributed by atoms with Crippen molar-refractivity contribution in [3.63, 3.8) is 0 Å². The number of ether oxygens (including phenoxy) is 3. The van der Waals surface area contributed by atoms with Crippen LogP contribution >= 0.6 is 0 Å². The minimum atomic E-state index is -0.442. The number of aromatic amines is 1. The van der Waals surface area contributed by atoms with Gasteiger partial charge in [-0.05, 0) is 73.2 Å². The van der Waals surface area contributed by atoms with Crippen molar-refractivity contribution in [2.24, 2.45) is 0 Å². The van der Waals surface area contributed by atoms with Gasteiger partial charge in [-0.2, -0.15) is 5.10 Å². The molecule has 0 fully saturated rings. The highest BCUT2D eigenvalue weighted by molar-refractivity contribution is 6.12. The number of hydrogen-bond donors (Lipinski definition) is 1. The summed E-state index contributed by atoms with van der Waals surface area (Å²) in [6, 6.07) is 21.6. The highest BCUT2D eigenvalue weighted by Gasteiger charge is 2.43. The minimum absolute atomic E-state index is 0.207. The lowest BCUT2D eigenvalue weighted by Crippen LogP contribution is -2.29. The Morgan fingerprint density at radius 1 is 0.917 bits per heavy atom. The van der Waals surface area contributed by atoms with Gasteiger partial charge in [0.2, 0.25) is 0 Å². The molecule has 0 saturated carbocycles. The summed E-state index contributed by atoms with van der Waals surface area (Å²) in [7, 11) is 3.23. The Balaban J connectivity index is 1.61. The summed E-state index contributed by atoms with van der Waals surface area (Å²) in [6.07, 6.45) is 0. The molecule has 3 aromatic carbocycles. The van der Waals surface area contributed by atoms with Gasteiger partial charge in [-0.3, -0.25) is 14.8 Å². The second-order valence-corrected chi connectivity index (χ2v) is 8.21. The lowest BCUT2D eigenvalue weighted by atomic mass is 9.95. The predicted molar refractivity (Wildman–Crippen MR) is 135 cm³/mol. The van der Waals surface area contributed by atoms with Gasteiger partial charge in [0.05, 0.1) is 38.1 Å². The standard InChI is InChI=1S/C28H25N3O5/c1-4-36-28(33)19-5-11-20(12-6-19)31-26(18-9-15-22(35-3)16-10-18)23-24(29-30-25(23)27(31)32)17-7-13-21(34-2)14-8-17/h5-16,26H,4H2,1-3H3,(H,29,30). The zero-order chi connectivity index (χ0) is 25.2. The smallest absolute Gasteiger partial charge is 0.338 e. The molecule has 8 nitrogen and oxygen atoms in total. The van der Waals surface area contributed by atoms with E-state index in [-0.39, 0.29) is 5.91 Å². The van der Waals surface area contributed by atoms with E-state index in [9.17, 15) is 9.59 Å². The topological polar surface area (TPSA) is 93.8 Å². The number of benzene rings is 3. The van der Waals surface area contributed by atoms with Crippen molar-refractivity contribution in [1.29, 1.82) is 0 Å². The number of hydrogen-bond acceptors (Lipinski definition) is 6. The number of aromatic nitrogens is 2. The lowest BCUT2D eigenvalue weighted by Gasteiger charge is -2.26. The van der Waals surface area contributed by atoms with E-state index < -0.39 is 12.0 Å². The minimum Gasteiger partial charge on any atom is -0.497 e. The third kappa shape index (κ3) is 3.96. The molecule has 0 aliphatic carbocycles. The molecule has 5 rings (SSSR count). The highest BCUT2D eigenvalue weighted by atomic mass is 16.5. The third-order valence-electron chi connectivity index (χ3n) is 6.22. The van der Waals surface area contributed by atoms with E-state index in [1.807, 2.05) is 48.5 Å². The zero-order valence-electron chi connectivity index (χ0n) is 20.1. The Hall–Kier alpha value is -4.59. The molecule has 8 heteroatoms. The number of H-pyrrole nitrogens is 1. The molecule has 1 N–H and O–H groups in total. The van der Waals surface area contributed by atoms with Crippen LogP contribution < -0.4 is 14.4 Å². The average Bonchev–Trinajstić information content (AvgIpc) is 3.48. The van der Waals surface area contributed by atoms with Crippen LogP contribution in [0.3, 0.4) is 0 Å². The van der Waals surface area contributed by atoms with E-state index in [4.69, 9.17) is 14.2 Å². The van der Waals surface area contributed by atoms with Gasteiger partial charge in [0.1, 0.15) is 17.2 Å². The molecule has 1 aliphatic heterocycles. The fraction of sp³-hybridized carbons (Fsp3) is 0.179. The molecule has 0 saturated heterocycles. The summed E-state index contributed by atoms with van der Waals surface area (Å²) in [4.78, 5) is 27.5. The molecule has 4 aromatic rings. The largest absolute Gasteiger partial charge is 0.497 e. The van der Waals surface area contributed by atoms with Gasteiger partial charge < -0.3 is 14.2 Å². The SMILES string of the molecule is CCOC(=O)c1ccc(N2C(=O)c3[nH]nc(-c4ccc(OC)cc4)c3C2c2ccc(OC)cc2)cc1. The Bertz CT molecular complexity index is 1390. The fourth-order valence-corrected chi connectivity index (χ4v) is 4.46. The predicted octanol–water partition coefficient (Wildman–Crippen LogP) is 5.02. The fourth-order valence-electron chi connectivity index (χ4n) is 4.46. The van der Waals surface area contributed by atoms with Crippen LogP contribution in [0.5, 0.6) is 11.5 Å². The maximum Gasteiger partial charge on any atom is 0.338 e. The number of amides is 1. The molecule has 1 atom stereocenters. The van der Waals surface area contributed by atoms with Gasteiger partial charge in [-0.25, -0.2) is 4.79 Å². The van der Waals surface area contributed by atoms with Gasteiger partial charge in [-0.15, -0.1) is 0 Å². The van der Waals surface area contributed by atoms with Crippen molar-refractivity contribution in [1.82, 2.24) is 10.2 Å². The van der Waals surface area contributed by atoms with Crippen molar-refractivity contribution in [3.8, 4) is 22.8 Å². The van der Waals surface area contributed by atoms with E-state index in [0.29, 0.717) is 29.2 Å². The number of carbonyl (C=O) groups excluding carboxylic acids is 2. The first-order chi connectivity index (χ1) is 17.5. The van der Waals surface area contributed by atoms with Gasteiger partial charge in [0.15, 0.2) is 0 Å². The summed E-state index contributed by atoms with van der Waals surface area (Å²) in [6.45, 7) is 2.05. The maximum atomic E-state index is 13.7. The van der Waals surface area contributed by atoms with Crippen molar-refractivity contribution >= 4 is 17.6 Å². The lowest BCUT2D eigenvalue weighted by molar-refractivity contribution is 0.0526. The number of nitrogens with one attached hydrogen (secondary N) is 1. The molecular weight excluding hydrogens is 458 g/mol. The molecule has 2 heterocycles. The van der Waals surface area contributed by atoms with Crippen LogP contribution in [0.25, 0.3) is 11.3 Å². The van der Waals surface area contributed by atoms with Crippen LogP contribution in [0.1, 0.15) is 44.9 Å². The molecule has 0 bridgehead atoms. The van der Waals surface area contributed by atoms with Crippen molar-refractivity contribution in [2.45, 2.75) is 13.0 Å². The van der Waals surface area contributed by atoms with Gasteiger partial charge >= 0.3 is 5.97 Å². The van der Waals surface area contributed by atoms with E-state index >= 15 is 0 Å². The van der Waals surface area contributed by atoms with Crippen molar-refractivity contribution in [2.75, 3.05) is 25.7 Å². The highest BCUT2D eigenvalue weighted by Crippen LogP contribution is 2.45. The molecule has 0 spiro atoms. The van der Waals surface area contributed by atoms with Crippen LogP contribution in [0.15, 0.2) is 72.8 Å². The van der Waals surface area contributed by atoms with E-state index in [1.165, 1.54) is 0 Å². The van der Waals surface area contributed by atoms with Crippen molar-refractivity contribution < 1.29 is 23.8 Å². The number of esters is 1. The van der Waals surface area contributed by atoms with Gasteiger partial charge in [0.25, 0.3) is 5.91 Å². The van der Waals surface area contributed by atoms with Crippen LogP contribution in [0.4, 0.5) is 5.69 Å². The van der Waals surface area contributed by atoms with E-state index in [0.717, 1.165) is 28.2 Å². The Morgan fingerprint density at radius 3 is 2.11 bits per heavy atom. The molecule has 36 heavy (non-hydrogen) atoms. The molecule has 0 radical (unpaired) electrons. The molecule has 1 aliphatic rings. The number of methoxy groups -OCH3 is 2. The average molecular weight is 484 g/mol. The Kier molecular flexibility index (Phi) is 6.16. The summed E-state index contributed by atoms with van der Waals surface area (Å²) >= 11 is 0. The monoisotopic (exact) mass is 483 g/mol. The second kappa shape index (κ2) is 9.58. The molecule has 182 valence electrons. The van der Waals surface area contributed by atoms with E-state index in [2.05, 4.69) is 10.2 Å². The quantitative estimate of drug-likeness (QED) is 0.371. The number of fused-ring (bicyclic) bond motifs is 1. The summed E-state index contributed by atoms with van der Waals surface area (Å²) in [5.74, 6) is 0.843. The summed E-state index contributed by atoms with van der Waals surface area (Å²) < 4.78 is 15.7. The van der Waals surface area contributed by atoms with Crippen molar-refractivity contribution in [3.05, 3.63) is 95.2 Å². The molecule has 1 unspecified atom stereocenters. The van der Waals surface area contributed by atoms with Crippen LogP contribution in [0.2, 0.25) is 0 Å². The summed E-state index contributed by atoms with van der Waals surface area (Å²) in [5, 5.41) is 7.47. The zero-order valence-corrected chi connectivity index (χ0v) is 20.1. The number of carbonyl (C=O) groups is 2. The van der Waals surface area contributed by atoms with Gasteiger partial charge in [0, 0.05) is 16.8 Å². The Labute approximate surface area is 208 Å². The Morgan fingerprint density at radius 2 is 1.53 bits per heavy atom. The molecule has 1 aromatic heterocycles. The van der Waals surface area contributed by atoms with Crippen LogP contribution in [-0.4, -0.2) is 42.9 Å². The van der Waals surface area contributed by atoms with E-state index in [1.54, 1.807) is 50.3 Å². The normalized spacial score (nSPS) is 14.5. The van der Waals surface area contributed by atoms with Crippen LogP contribution in [-0.2, 0) is 4.74 Å². The molecule has 1 amide bonds. The van der Waals surface area contributed by atoms with Crippen LogP contribution in [0, 0.1) is 0 Å². The summed E-state index contributed by atoms with van der Waals surface area (Å²) in [5.41, 5.74) is 4.73.